The topological polar surface area (TPSA) is 350 Å². The van der Waals surface area contributed by atoms with Crippen LogP contribution < -0.4 is 10.6 Å². The normalized spacial score (nSPS) is 38.2. The molecule has 0 aromatic heterocycles. The van der Waals surface area contributed by atoms with Gasteiger partial charge in [-0.3, -0.25) is 14.4 Å². The number of hydrogen-bond donors (Lipinski definition) is 12. The van der Waals surface area contributed by atoms with Gasteiger partial charge >= 0.3 is 0 Å². The number of carbonyl (C=O) groups is 4. The van der Waals surface area contributed by atoms with Crippen molar-refractivity contribution in [2.45, 2.75) is 138 Å². The highest BCUT2D eigenvalue weighted by Crippen LogP contribution is 2.31. The Labute approximate surface area is 303 Å². The summed E-state index contributed by atoms with van der Waals surface area (Å²) in [6, 6.07) is -1.54. The first-order valence-corrected chi connectivity index (χ1v) is 17.1. The van der Waals surface area contributed by atoms with Crippen LogP contribution in [0.15, 0.2) is 0 Å². The molecule has 3 fully saturated rings. The van der Waals surface area contributed by atoms with Gasteiger partial charge in [-0.15, -0.1) is 0 Å². The van der Waals surface area contributed by atoms with Crippen LogP contribution in [0.4, 0.5) is 0 Å². The second-order valence-corrected chi connectivity index (χ2v) is 13.0. The lowest BCUT2D eigenvalue weighted by Crippen LogP contribution is -2.65. The molecule has 12 N–H and O–H groups in total. The van der Waals surface area contributed by atoms with Crippen molar-refractivity contribution in [3.63, 3.8) is 0 Å². The number of nitrogens with one attached hydrogen (secondary N) is 2. The standard InChI is InChI=1S/C31H52N2O20/c1-12(36)5-3-4-6-17(38)33-18(13(2)37)28(47)32-7-8-48-30-26(46)27(53-31-25(45)23(43)20(40)15(10-35)51-31)21(41)16(52-30)11-49-29-24(44)22(42)19(39)14(9-34)50-29/h14-16,18-27,29-31,34-35,39-46H,3-11H2,1-2H3,(H,32,47)(H,33,38)/t14-,15-,16-,18+,19-,20-,21-,22+,23+,24+,25+,26+,27+,29+,30+,31-/m1/s1. The molecule has 16 atom stereocenters. The van der Waals surface area contributed by atoms with Crippen molar-refractivity contribution in [3.8, 4) is 0 Å². The van der Waals surface area contributed by atoms with Crippen molar-refractivity contribution >= 4 is 23.4 Å². The maximum atomic E-state index is 12.7. The van der Waals surface area contributed by atoms with Gasteiger partial charge in [-0.1, -0.05) is 0 Å². The van der Waals surface area contributed by atoms with E-state index in [0.29, 0.717) is 12.8 Å². The number of aliphatic hydroxyl groups excluding tert-OH is 10. The molecule has 3 aliphatic heterocycles. The van der Waals surface area contributed by atoms with Crippen molar-refractivity contribution in [3.05, 3.63) is 0 Å². The molecule has 306 valence electrons. The van der Waals surface area contributed by atoms with E-state index in [0.717, 1.165) is 6.92 Å². The number of rotatable bonds is 19. The summed E-state index contributed by atoms with van der Waals surface area (Å²) < 4.78 is 33.0. The summed E-state index contributed by atoms with van der Waals surface area (Å²) >= 11 is 0. The van der Waals surface area contributed by atoms with Gasteiger partial charge in [0.25, 0.3) is 0 Å². The second kappa shape index (κ2) is 21.1. The molecule has 0 unspecified atom stereocenters. The molecule has 22 heteroatoms. The molecule has 3 aliphatic rings. The van der Waals surface area contributed by atoms with E-state index in [2.05, 4.69) is 10.6 Å². The average molecular weight is 773 g/mol. The minimum Gasteiger partial charge on any atom is -0.394 e. The second-order valence-electron chi connectivity index (χ2n) is 13.0. The van der Waals surface area contributed by atoms with Gasteiger partial charge in [-0.2, -0.15) is 0 Å². The Kier molecular flexibility index (Phi) is 17.9. The Bertz CT molecular complexity index is 1190. The molecule has 0 spiro atoms. The Morgan fingerprint density at radius 2 is 1.17 bits per heavy atom. The summed E-state index contributed by atoms with van der Waals surface area (Å²) in [7, 11) is 0. The van der Waals surface area contributed by atoms with Crippen LogP contribution in [0.2, 0.25) is 0 Å². The van der Waals surface area contributed by atoms with Crippen molar-refractivity contribution in [2.24, 2.45) is 0 Å². The highest BCUT2D eigenvalue weighted by atomic mass is 16.7. The number of carbonyl (C=O) groups excluding carboxylic acids is 4. The lowest BCUT2D eigenvalue weighted by Gasteiger charge is -2.46. The molecule has 3 heterocycles. The third kappa shape index (κ3) is 12.1. The lowest BCUT2D eigenvalue weighted by molar-refractivity contribution is -0.366. The van der Waals surface area contributed by atoms with Crippen molar-refractivity contribution in [1.29, 1.82) is 0 Å². The molecule has 53 heavy (non-hydrogen) atoms. The van der Waals surface area contributed by atoms with Crippen LogP contribution >= 0.6 is 0 Å². The number of hydrogen-bond acceptors (Lipinski definition) is 20. The van der Waals surface area contributed by atoms with E-state index in [4.69, 9.17) is 28.4 Å². The molecule has 0 bridgehead atoms. The fourth-order valence-electron chi connectivity index (χ4n) is 5.76. The van der Waals surface area contributed by atoms with E-state index >= 15 is 0 Å². The van der Waals surface area contributed by atoms with Gasteiger partial charge < -0.3 is 94.9 Å². The van der Waals surface area contributed by atoms with Gasteiger partial charge in [0.2, 0.25) is 11.8 Å². The van der Waals surface area contributed by atoms with E-state index in [-0.39, 0.29) is 25.2 Å². The molecule has 3 rings (SSSR count). The zero-order valence-electron chi connectivity index (χ0n) is 29.2. The first-order valence-electron chi connectivity index (χ1n) is 17.1. The summed E-state index contributed by atoms with van der Waals surface area (Å²) in [5, 5.41) is 107. The van der Waals surface area contributed by atoms with Gasteiger partial charge in [-0.25, -0.2) is 0 Å². The first-order chi connectivity index (χ1) is 25.0. The zero-order valence-corrected chi connectivity index (χ0v) is 29.2. The van der Waals surface area contributed by atoms with E-state index in [1.165, 1.54) is 6.92 Å². The zero-order chi connectivity index (χ0) is 39.6. The van der Waals surface area contributed by atoms with Crippen molar-refractivity contribution in [1.82, 2.24) is 10.6 Å². The maximum Gasteiger partial charge on any atom is 0.250 e. The number of Topliss-reactive ketones (excluding diaryl/α,β-unsaturated/α-hetero) is 2. The molecule has 0 aliphatic carbocycles. The molecule has 0 saturated carbocycles. The van der Waals surface area contributed by atoms with Crippen LogP contribution in [0.3, 0.4) is 0 Å². The Hall–Kier alpha value is -2.36. The summed E-state index contributed by atoms with van der Waals surface area (Å²) in [6.07, 6.45) is -24.8. The summed E-state index contributed by atoms with van der Waals surface area (Å²) in [6.45, 7) is -0.472. The van der Waals surface area contributed by atoms with Gasteiger partial charge in [0.1, 0.15) is 79.0 Å². The largest absolute Gasteiger partial charge is 0.394 e. The molecule has 22 nitrogen and oxygen atoms in total. The van der Waals surface area contributed by atoms with Crippen LogP contribution in [-0.2, 0) is 47.6 Å². The predicted octanol–water partition coefficient (Wildman–Crippen LogP) is -7.21. The van der Waals surface area contributed by atoms with E-state index < -0.39 is 142 Å². The third-order valence-electron chi connectivity index (χ3n) is 8.89. The van der Waals surface area contributed by atoms with Crippen molar-refractivity contribution in [2.75, 3.05) is 33.0 Å². The number of ether oxygens (including phenoxy) is 6. The minimum absolute atomic E-state index is 0.0240. The molecule has 0 radical (unpaired) electrons. The number of aliphatic hydroxyl groups is 10. The fourth-order valence-corrected chi connectivity index (χ4v) is 5.76. The lowest BCUT2D eigenvalue weighted by atomic mass is 9.96. The van der Waals surface area contributed by atoms with E-state index in [9.17, 15) is 70.2 Å². The van der Waals surface area contributed by atoms with Crippen LogP contribution in [-0.4, -0.2) is 206 Å². The van der Waals surface area contributed by atoms with Crippen LogP contribution in [0.25, 0.3) is 0 Å². The quantitative estimate of drug-likeness (QED) is 0.0428. The fraction of sp³-hybridized carbons (Fsp3) is 0.871. The smallest absolute Gasteiger partial charge is 0.250 e. The predicted molar refractivity (Wildman–Crippen MR) is 170 cm³/mol. The highest BCUT2D eigenvalue weighted by Gasteiger charge is 2.52. The average Bonchev–Trinajstić information content (AvgIpc) is 3.12. The van der Waals surface area contributed by atoms with Crippen LogP contribution in [0.5, 0.6) is 0 Å². The Balaban J connectivity index is 1.67. The van der Waals surface area contributed by atoms with Gasteiger partial charge in [0.05, 0.1) is 26.4 Å². The monoisotopic (exact) mass is 772 g/mol. The number of amides is 2. The maximum absolute atomic E-state index is 12.7. The SMILES string of the molecule is CC(=O)CCCCC(=O)N[C@@H](C(C)=O)C(=O)NCCO[C@H]1O[C@H](CO[C@H]2O[C@H](CO)[C@@H](O)[C@H](O)[C@@H]2O)[C@@H](O)[C@H](O[C@H]2O[C@H](CO)[C@@H](O)[C@H](O)[C@@H]2O)[C@@H]1O. The van der Waals surface area contributed by atoms with Crippen LogP contribution in [0.1, 0.15) is 39.5 Å². The minimum atomic E-state index is -1.94. The first kappa shape index (κ1) is 45.0. The molecule has 2 amide bonds. The van der Waals surface area contributed by atoms with Gasteiger partial charge in [0, 0.05) is 19.4 Å². The molecule has 0 aromatic rings. The summed E-state index contributed by atoms with van der Waals surface area (Å²) in [5.74, 6) is -2.17. The summed E-state index contributed by atoms with van der Waals surface area (Å²) in [5.41, 5.74) is 0. The highest BCUT2D eigenvalue weighted by molar-refractivity contribution is 6.06. The van der Waals surface area contributed by atoms with Gasteiger partial charge in [-0.05, 0) is 26.7 Å². The molecule has 3 saturated heterocycles. The Morgan fingerprint density at radius 1 is 0.642 bits per heavy atom. The third-order valence-corrected chi connectivity index (χ3v) is 8.89. The number of ketones is 2. The van der Waals surface area contributed by atoms with Crippen LogP contribution in [0, 0.1) is 0 Å². The van der Waals surface area contributed by atoms with E-state index in [1.54, 1.807) is 0 Å². The van der Waals surface area contributed by atoms with E-state index in [1.807, 2.05) is 0 Å². The molecule has 0 aromatic carbocycles. The van der Waals surface area contributed by atoms with Crippen molar-refractivity contribution < 1.29 is 98.7 Å². The molecular weight excluding hydrogens is 720 g/mol. The number of unbranched alkanes of at least 4 members (excludes halogenated alkanes) is 1. The van der Waals surface area contributed by atoms with Gasteiger partial charge in [0.15, 0.2) is 30.7 Å². The molecular formula is C31H52N2O20. The summed E-state index contributed by atoms with van der Waals surface area (Å²) in [4.78, 5) is 48.2. The Morgan fingerprint density at radius 3 is 1.74 bits per heavy atom.